The van der Waals surface area contributed by atoms with Crippen LogP contribution < -0.4 is 10.1 Å². The molecule has 0 aliphatic carbocycles. The first-order chi connectivity index (χ1) is 8.83. The number of ether oxygens (including phenoxy) is 1. The number of aromatic nitrogens is 1. The van der Waals surface area contributed by atoms with Crippen molar-refractivity contribution in [3.63, 3.8) is 0 Å². The summed E-state index contributed by atoms with van der Waals surface area (Å²) in [7, 11) is 0. The number of rotatable bonds is 3. The molecular weight excluding hydrogens is 244 g/mol. The molecule has 0 unspecified atom stereocenters. The highest BCUT2D eigenvalue weighted by atomic mass is 32.1. The fraction of sp³-hybridized carbons (Fsp3) is 0.357. The maximum atomic E-state index is 5.89. The predicted molar refractivity (Wildman–Crippen MR) is 74.4 cm³/mol. The van der Waals surface area contributed by atoms with Crippen molar-refractivity contribution in [3.05, 3.63) is 39.8 Å². The number of nitrogens with zero attached hydrogens (tertiary/aromatic N) is 1. The summed E-state index contributed by atoms with van der Waals surface area (Å²) in [5, 5.41) is 6.51. The van der Waals surface area contributed by atoms with Crippen molar-refractivity contribution >= 4 is 17.0 Å². The molecule has 1 aliphatic rings. The van der Waals surface area contributed by atoms with Gasteiger partial charge in [0.15, 0.2) is 0 Å². The fourth-order valence-electron chi connectivity index (χ4n) is 2.21. The number of para-hydroxylation sites is 1. The summed E-state index contributed by atoms with van der Waals surface area (Å²) in [6.07, 6.45) is 2.33. The number of nitrogens with one attached hydrogen (secondary N) is 1. The van der Waals surface area contributed by atoms with Crippen LogP contribution in [0.5, 0.6) is 5.75 Å². The Balaban J connectivity index is 1.76. The third-order valence-corrected chi connectivity index (χ3v) is 4.00. The Kier molecular flexibility index (Phi) is 3.19. The van der Waals surface area contributed by atoms with Crippen LogP contribution in [-0.4, -0.2) is 11.5 Å². The minimum Gasteiger partial charge on any atom is -0.484 e. The topological polar surface area (TPSA) is 34.1 Å². The number of anilines is 1. The van der Waals surface area contributed by atoms with Crippen LogP contribution in [0.2, 0.25) is 0 Å². The summed E-state index contributed by atoms with van der Waals surface area (Å²) in [6, 6.07) is 6.26. The minimum atomic E-state index is 0.552. The monoisotopic (exact) mass is 260 g/mol. The van der Waals surface area contributed by atoms with Crippen molar-refractivity contribution < 1.29 is 4.74 Å². The highest BCUT2D eigenvalue weighted by molar-refractivity contribution is 7.09. The molecule has 1 aliphatic heterocycles. The van der Waals surface area contributed by atoms with E-state index in [0.29, 0.717) is 6.61 Å². The zero-order chi connectivity index (χ0) is 12.4. The number of hydrogen-bond donors (Lipinski definition) is 1. The summed E-state index contributed by atoms with van der Waals surface area (Å²) < 4.78 is 5.89. The van der Waals surface area contributed by atoms with Gasteiger partial charge >= 0.3 is 0 Å². The molecule has 0 radical (unpaired) electrons. The van der Waals surface area contributed by atoms with Gasteiger partial charge in [0.25, 0.3) is 0 Å². The molecule has 1 aromatic heterocycles. The largest absolute Gasteiger partial charge is 0.484 e. The van der Waals surface area contributed by atoms with E-state index in [1.54, 1.807) is 11.3 Å². The van der Waals surface area contributed by atoms with Crippen molar-refractivity contribution in [2.45, 2.75) is 26.4 Å². The lowest BCUT2D eigenvalue weighted by molar-refractivity contribution is 0.306. The molecule has 0 saturated heterocycles. The lowest BCUT2D eigenvalue weighted by Gasteiger charge is -2.20. The SMILES string of the molecule is Cc1csc(COc2cccc3c2NCCC3)n1. The molecule has 94 valence electrons. The van der Waals surface area contributed by atoms with Gasteiger partial charge in [0.1, 0.15) is 17.4 Å². The zero-order valence-electron chi connectivity index (χ0n) is 10.4. The van der Waals surface area contributed by atoms with Crippen LogP contribution in [0.1, 0.15) is 22.7 Å². The average Bonchev–Trinajstić information content (AvgIpc) is 2.82. The van der Waals surface area contributed by atoms with Gasteiger partial charge in [-0.25, -0.2) is 4.98 Å². The summed E-state index contributed by atoms with van der Waals surface area (Å²) in [5.74, 6) is 0.944. The van der Waals surface area contributed by atoms with Gasteiger partial charge < -0.3 is 10.1 Å². The molecule has 3 nitrogen and oxygen atoms in total. The third kappa shape index (κ3) is 2.34. The van der Waals surface area contributed by atoms with Gasteiger partial charge in [0.05, 0.1) is 5.69 Å². The third-order valence-electron chi connectivity index (χ3n) is 3.05. The maximum absolute atomic E-state index is 5.89. The van der Waals surface area contributed by atoms with E-state index in [9.17, 15) is 0 Å². The minimum absolute atomic E-state index is 0.552. The van der Waals surface area contributed by atoms with Crippen LogP contribution in [-0.2, 0) is 13.0 Å². The van der Waals surface area contributed by atoms with Gasteiger partial charge in [-0.2, -0.15) is 0 Å². The van der Waals surface area contributed by atoms with Gasteiger partial charge in [0.2, 0.25) is 0 Å². The molecule has 3 rings (SSSR count). The smallest absolute Gasteiger partial charge is 0.143 e. The molecule has 4 heteroatoms. The molecule has 0 bridgehead atoms. The number of fused-ring (bicyclic) bond motifs is 1. The quantitative estimate of drug-likeness (QED) is 0.918. The lowest BCUT2D eigenvalue weighted by atomic mass is 10.0. The van der Waals surface area contributed by atoms with E-state index in [0.717, 1.165) is 35.1 Å². The Labute approximate surface area is 111 Å². The molecule has 1 aromatic carbocycles. The molecule has 2 aromatic rings. The number of aryl methyl sites for hydroxylation is 2. The molecule has 18 heavy (non-hydrogen) atoms. The van der Waals surface area contributed by atoms with Crippen molar-refractivity contribution in [2.75, 3.05) is 11.9 Å². The van der Waals surface area contributed by atoms with Crippen molar-refractivity contribution in [1.29, 1.82) is 0 Å². The molecule has 0 saturated carbocycles. The van der Waals surface area contributed by atoms with E-state index in [2.05, 4.69) is 27.8 Å². The number of thiazole rings is 1. The van der Waals surface area contributed by atoms with Crippen LogP contribution in [0, 0.1) is 6.92 Å². The molecule has 0 amide bonds. The Morgan fingerprint density at radius 1 is 1.44 bits per heavy atom. The van der Waals surface area contributed by atoms with Gasteiger partial charge in [-0.1, -0.05) is 12.1 Å². The van der Waals surface area contributed by atoms with E-state index >= 15 is 0 Å². The molecule has 0 fully saturated rings. The Hall–Kier alpha value is -1.55. The van der Waals surface area contributed by atoms with Crippen molar-refractivity contribution in [3.8, 4) is 5.75 Å². The second kappa shape index (κ2) is 4.98. The molecular formula is C14H16N2OS. The molecule has 2 heterocycles. The first kappa shape index (κ1) is 11.5. The molecule has 0 atom stereocenters. The van der Waals surface area contributed by atoms with Gasteiger partial charge in [-0.15, -0.1) is 11.3 Å². The Morgan fingerprint density at radius 3 is 3.22 bits per heavy atom. The Bertz CT molecular complexity index is 550. The molecule has 0 spiro atoms. The first-order valence-corrected chi connectivity index (χ1v) is 7.10. The number of benzene rings is 1. The van der Waals surface area contributed by atoms with Crippen LogP contribution in [0.4, 0.5) is 5.69 Å². The average molecular weight is 260 g/mol. The van der Waals surface area contributed by atoms with Gasteiger partial charge in [0, 0.05) is 17.6 Å². The van der Waals surface area contributed by atoms with Gasteiger partial charge in [-0.3, -0.25) is 0 Å². The summed E-state index contributed by atoms with van der Waals surface area (Å²) >= 11 is 1.65. The van der Waals surface area contributed by atoms with E-state index in [-0.39, 0.29) is 0 Å². The second-order valence-electron chi connectivity index (χ2n) is 4.49. The van der Waals surface area contributed by atoms with Crippen molar-refractivity contribution in [1.82, 2.24) is 4.98 Å². The van der Waals surface area contributed by atoms with E-state index in [1.807, 2.05) is 13.0 Å². The van der Waals surface area contributed by atoms with Crippen molar-refractivity contribution in [2.24, 2.45) is 0 Å². The summed E-state index contributed by atoms with van der Waals surface area (Å²) in [6.45, 7) is 3.59. The van der Waals surface area contributed by atoms with Crippen LogP contribution in [0.15, 0.2) is 23.6 Å². The highest BCUT2D eigenvalue weighted by Crippen LogP contribution is 2.32. The standard InChI is InChI=1S/C14H16N2OS/c1-10-9-18-13(16-10)8-17-12-6-2-4-11-5-3-7-15-14(11)12/h2,4,6,9,15H,3,5,7-8H2,1H3. The van der Waals surface area contributed by atoms with Crippen LogP contribution in [0.25, 0.3) is 0 Å². The van der Waals surface area contributed by atoms with Gasteiger partial charge in [-0.05, 0) is 31.4 Å². The summed E-state index contributed by atoms with van der Waals surface area (Å²) in [4.78, 5) is 4.41. The van der Waals surface area contributed by atoms with Crippen LogP contribution >= 0.6 is 11.3 Å². The predicted octanol–water partition coefficient (Wildman–Crippen LogP) is 3.39. The maximum Gasteiger partial charge on any atom is 0.143 e. The van der Waals surface area contributed by atoms with E-state index in [1.165, 1.54) is 12.0 Å². The Morgan fingerprint density at radius 2 is 2.39 bits per heavy atom. The first-order valence-electron chi connectivity index (χ1n) is 6.22. The fourth-order valence-corrected chi connectivity index (χ4v) is 2.89. The highest BCUT2D eigenvalue weighted by Gasteiger charge is 2.13. The summed E-state index contributed by atoms with van der Waals surface area (Å²) in [5.41, 5.74) is 3.58. The second-order valence-corrected chi connectivity index (χ2v) is 5.43. The zero-order valence-corrected chi connectivity index (χ0v) is 11.2. The van der Waals surface area contributed by atoms with E-state index in [4.69, 9.17) is 4.74 Å². The van der Waals surface area contributed by atoms with Crippen LogP contribution in [0.3, 0.4) is 0 Å². The van der Waals surface area contributed by atoms with E-state index < -0.39 is 0 Å². The molecule has 1 N–H and O–H groups in total. The number of hydrogen-bond acceptors (Lipinski definition) is 4. The normalized spacial score (nSPS) is 13.8. The lowest BCUT2D eigenvalue weighted by Crippen LogP contribution is -2.13.